The molecule has 1 amide bonds. The van der Waals surface area contributed by atoms with Crippen LogP contribution in [0.3, 0.4) is 0 Å². The minimum Gasteiger partial charge on any atom is -0.379 e. The van der Waals surface area contributed by atoms with E-state index >= 15 is 0 Å². The van der Waals surface area contributed by atoms with Crippen molar-refractivity contribution in [1.82, 2.24) is 15.1 Å². The first kappa shape index (κ1) is 15.7. The van der Waals surface area contributed by atoms with Crippen LogP contribution in [0.5, 0.6) is 0 Å². The Labute approximate surface area is 122 Å². The van der Waals surface area contributed by atoms with E-state index in [1.54, 1.807) is 0 Å². The van der Waals surface area contributed by atoms with E-state index in [0.717, 1.165) is 26.2 Å². The van der Waals surface area contributed by atoms with E-state index in [-0.39, 0.29) is 17.9 Å². The number of hydrogen-bond acceptors (Lipinski definition) is 4. The van der Waals surface area contributed by atoms with Crippen LogP contribution in [0.2, 0.25) is 0 Å². The average Bonchev–Trinajstić information content (AvgIpc) is 2.89. The Kier molecular flexibility index (Phi) is 5.81. The molecule has 0 aromatic rings. The molecule has 0 radical (unpaired) electrons. The lowest BCUT2D eigenvalue weighted by molar-refractivity contribution is -0.135. The Morgan fingerprint density at radius 3 is 2.70 bits per heavy atom. The van der Waals surface area contributed by atoms with Crippen molar-refractivity contribution in [3.8, 4) is 0 Å². The van der Waals surface area contributed by atoms with Crippen molar-refractivity contribution in [2.45, 2.75) is 25.8 Å². The van der Waals surface area contributed by atoms with Gasteiger partial charge in [-0.1, -0.05) is 6.92 Å². The van der Waals surface area contributed by atoms with E-state index < -0.39 is 0 Å². The van der Waals surface area contributed by atoms with Gasteiger partial charge < -0.3 is 19.9 Å². The summed E-state index contributed by atoms with van der Waals surface area (Å²) in [5.41, 5.74) is 0. The second kappa shape index (κ2) is 7.38. The third-order valence-electron chi connectivity index (χ3n) is 4.61. The summed E-state index contributed by atoms with van der Waals surface area (Å²) in [6.07, 6.45) is 2.40. The highest BCUT2D eigenvalue weighted by Gasteiger charge is 2.35. The predicted molar refractivity (Wildman–Crippen MR) is 79.6 cm³/mol. The number of carbonyl (C=O) groups excluding carboxylic acids is 1. The fourth-order valence-electron chi connectivity index (χ4n) is 3.27. The van der Waals surface area contributed by atoms with Crippen LogP contribution in [-0.2, 0) is 9.53 Å². The standard InChI is InChI=1S/C15H29N3O2/c1-4-16-14-11-20-10-13(14)15(19)18(3)9-12-5-7-17(2)8-6-12/h12-14,16H,4-11H2,1-3H3. The van der Waals surface area contributed by atoms with Crippen molar-refractivity contribution < 1.29 is 9.53 Å². The summed E-state index contributed by atoms with van der Waals surface area (Å²) < 4.78 is 5.48. The Morgan fingerprint density at radius 2 is 2.05 bits per heavy atom. The minimum atomic E-state index is -0.00814. The van der Waals surface area contributed by atoms with Crippen molar-refractivity contribution in [3.63, 3.8) is 0 Å². The number of amides is 1. The van der Waals surface area contributed by atoms with Crippen molar-refractivity contribution in [1.29, 1.82) is 0 Å². The molecular weight excluding hydrogens is 254 g/mol. The Hall–Kier alpha value is -0.650. The number of likely N-dealkylation sites (N-methyl/N-ethyl adjacent to an activating group) is 1. The molecule has 5 heteroatoms. The number of nitrogens with zero attached hydrogens (tertiary/aromatic N) is 2. The average molecular weight is 283 g/mol. The molecule has 0 spiro atoms. The number of rotatable bonds is 5. The van der Waals surface area contributed by atoms with Crippen molar-refractivity contribution in [3.05, 3.63) is 0 Å². The zero-order chi connectivity index (χ0) is 14.5. The van der Waals surface area contributed by atoms with Crippen LogP contribution >= 0.6 is 0 Å². The van der Waals surface area contributed by atoms with Crippen molar-refractivity contribution in [2.75, 3.05) is 53.5 Å². The molecule has 2 saturated heterocycles. The molecule has 20 heavy (non-hydrogen) atoms. The van der Waals surface area contributed by atoms with Gasteiger partial charge in [-0.3, -0.25) is 4.79 Å². The highest BCUT2D eigenvalue weighted by Crippen LogP contribution is 2.20. The van der Waals surface area contributed by atoms with E-state index in [9.17, 15) is 4.79 Å². The van der Waals surface area contributed by atoms with Gasteiger partial charge in [0.1, 0.15) is 0 Å². The van der Waals surface area contributed by atoms with E-state index in [2.05, 4.69) is 24.2 Å². The highest BCUT2D eigenvalue weighted by molar-refractivity contribution is 5.79. The van der Waals surface area contributed by atoms with Gasteiger partial charge in [0.05, 0.1) is 19.1 Å². The zero-order valence-corrected chi connectivity index (χ0v) is 13.1. The maximum Gasteiger partial charge on any atom is 0.229 e. The molecular formula is C15H29N3O2. The Bertz CT molecular complexity index is 316. The van der Waals surface area contributed by atoms with E-state index in [1.807, 2.05) is 11.9 Å². The number of likely N-dealkylation sites (tertiary alicyclic amines) is 1. The van der Waals surface area contributed by atoms with Gasteiger partial charge >= 0.3 is 0 Å². The summed E-state index contributed by atoms with van der Waals surface area (Å²) in [5.74, 6) is 0.888. The molecule has 0 saturated carbocycles. The molecule has 2 atom stereocenters. The van der Waals surface area contributed by atoms with Gasteiger partial charge in [0.2, 0.25) is 5.91 Å². The van der Waals surface area contributed by atoms with Crippen molar-refractivity contribution in [2.24, 2.45) is 11.8 Å². The molecule has 2 rings (SSSR count). The molecule has 2 heterocycles. The first-order valence-electron chi connectivity index (χ1n) is 7.86. The lowest BCUT2D eigenvalue weighted by atomic mass is 9.95. The summed E-state index contributed by atoms with van der Waals surface area (Å²) >= 11 is 0. The summed E-state index contributed by atoms with van der Waals surface area (Å²) in [6, 6.07) is 0.187. The molecule has 2 unspecified atom stereocenters. The SMILES string of the molecule is CCNC1COCC1C(=O)N(C)CC1CCN(C)CC1. The molecule has 0 aromatic heterocycles. The third-order valence-corrected chi connectivity index (χ3v) is 4.61. The Balaban J connectivity index is 1.82. The summed E-state index contributed by atoms with van der Waals surface area (Å²) in [6.45, 7) is 7.37. The highest BCUT2D eigenvalue weighted by atomic mass is 16.5. The quantitative estimate of drug-likeness (QED) is 0.794. The van der Waals surface area contributed by atoms with Crippen LogP contribution in [0, 0.1) is 11.8 Å². The maximum atomic E-state index is 12.6. The predicted octanol–water partition coefficient (Wildman–Crippen LogP) is 0.411. The summed E-state index contributed by atoms with van der Waals surface area (Å²) in [4.78, 5) is 16.9. The molecule has 5 nitrogen and oxygen atoms in total. The van der Waals surface area contributed by atoms with Gasteiger partial charge in [0.15, 0.2) is 0 Å². The maximum absolute atomic E-state index is 12.6. The van der Waals surface area contributed by atoms with Gasteiger partial charge in [0, 0.05) is 19.6 Å². The third kappa shape index (κ3) is 3.93. The fraction of sp³-hybridized carbons (Fsp3) is 0.933. The van der Waals surface area contributed by atoms with Crippen LogP contribution in [0.4, 0.5) is 0 Å². The molecule has 2 aliphatic rings. The van der Waals surface area contributed by atoms with Gasteiger partial charge in [-0.15, -0.1) is 0 Å². The fourth-order valence-corrected chi connectivity index (χ4v) is 3.27. The number of nitrogens with one attached hydrogen (secondary N) is 1. The van der Waals surface area contributed by atoms with E-state index in [1.165, 1.54) is 12.8 Å². The van der Waals surface area contributed by atoms with Crippen LogP contribution in [0.1, 0.15) is 19.8 Å². The molecule has 2 fully saturated rings. The number of ether oxygens (including phenoxy) is 1. The lowest BCUT2D eigenvalue weighted by Crippen LogP contribution is -2.46. The first-order chi connectivity index (χ1) is 9.61. The Morgan fingerprint density at radius 1 is 1.35 bits per heavy atom. The van der Waals surface area contributed by atoms with Gasteiger partial charge in [-0.2, -0.15) is 0 Å². The summed E-state index contributed by atoms with van der Waals surface area (Å²) in [5, 5.41) is 3.36. The van der Waals surface area contributed by atoms with Gasteiger partial charge in [-0.05, 0) is 45.4 Å². The molecule has 1 N–H and O–H groups in total. The molecule has 0 aliphatic carbocycles. The first-order valence-corrected chi connectivity index (χ1v) is 7.86. The zero-order valence-electron chi connectivity index (χ0n) is 13.1. The molecule has 2 aliphatic heterocycles. The number of piperidine rings is 1. The minimum absolute atomic E-state index is 0.00814. The lowest BCUT2D eigenvalue weighted by Gasteiger charge is -2.33. The van der Waals surface area contributed by atoms with Crippen LogP contribution in [0.15, 0.2) is 0 Å². The monoisotopic (exact) mass is 283 g/mol. The molecule has 116 valence electrons. The smallest absolute Gasteiger partial charge is 0.229 e. The van der Waals surface area contributed by atoms with Crippen LogP contribution < -0.4 is 5.32 Å². The van der Waals surface area contributed by atoms with E-state index in [4.69, 9.17) is 4.74 Å². The number of carbonyl (C=O) groups is 1. The van der Waals surface area contributed by atoms with Crippen LogP contribution in [0.25, 0.3) is 0 Å². The topological polar surface area (TPSA) is 44.8 Å². The van der Waals surface area contributed by atoms with E-state index in [0.29, 0.717) is 19.1 Å². The largest absolute Gasteiger partial charge is 0.379 e. The van der Waals surface area contributed by atoms with Crippen molar-refractivity contribution >= 4 is 5.91 Å². The number of hydrogen-bond donors (Lipinski definition) is 1. The normalized spacial score (nSPS) is 28.8. The van der Waals surface area contributed by atoms with Gasteiger partial charge in [-0.25, -0.2) is 0 Å². The summed E-state index contributed by atoms with van der Waals surface area (Å²) in [7, 11) is 4.12. The second-order valence-corrected chi connectivity index (χ2v) is 6.27. The molecule has 0 aromatic carbocycles. The van der Waals surface area contributed by atoms with Crippen LogP contribution in [-0.4, -0.2) is 75.2 Å². The van der Waals surface area contributed by atoms with Gasteiger partial charge in [0.25, 0.3) is 0 Å². The second-order valence-electron chi connectivity index (χ2n) is 6.27. The molecule has 0 bridgehead atoms.